The first kappa shape index (κ1) is 11.0. The Kier molecular flexibility index (Phi) is 2.32. The van der Waals surface area contributed by atoms with Gasteiger partial charge >= 0.3 is 0 Å². The Bertz CT molecular complexity index is 821. The molecular formula is C13H9N5O. The third kappa shape index (κ3) is 1.65. The fraction of sp³-hybridized carbons (Fsp3) is 0. The van der Waals surface area contributed by atoms with Crippen LogP contribution in [0.3, 0.4) is 0 Å². The smallest absolute Gasteiger partial charge is 0.249 e. The van der Waals surface area contributed by atoms with E-state index in [9.17, 15) is 4.79 Å². The van der Waals surface area contributed by atoms with Crippen molar-refractivity contribution in [3.8, 4) is 17.3 Å². The Morgan fingerprint density at radius 1 is 1.37 bits per heavy atom. The second-order valence-electron chi connectivity index (χ2n) is 4.09. The first-order chi connectivity index (χ1) is 9.20. The van der Waals surface area contributed by atoms with E-state index in [2.05, 4.69) is 15.2 Å². The highest BCUT2D eigenvalue weighted by atomic mass is 16.1. The highest BCUT2D eigenvalue weighted by Crippen LogP contribution is 2.29. The van der Waals surface area contributed by atoms with Gasteiger partial charge in [0.25, 0.3) is 0 Å². The number of nitrogens with one attached hydrogen (secondary N) is 2. The molecule has 2 aromatic heterocycles. The summed E-state index contributed by atoms with van der Waals surface area (Å²) in [4.78, 5) is 14.4. The summed E-state index contributed by atoms with van der Waals surface area (Å²) in [6.07, 6.45) is 3.54. The minimum Gasteiger partial charge on any atom is -0.366 e. The van der Waals surface area contributed by atoms with Crippen molar-refractivity contribution in [2.75, 3.05) is 0 Å². The van der Waals surface area contributed by atoms with Crippen molar-refractivity contribution in [2.45, 2.75) is 0 Å². The Labute approximate surface area is 107 Å². The maximum atomic E-state index is 11.5. The van der Waals surface area contributed by atoms with Gasteiger partial charge in [-0.05, 0) is 18.2 Å². The van der Waals surface area contributed by atoms with Gasteiger partial charge in [-0.15, -0.1) is 0 Å². The van der Waals surface area contributed by atoms with Crippen LogP contribution in [0.25, 0.3) is 22.2 Å². The molecule has 0 atom stereocenters. The molecule has 6 heteroatoms. The SMILES string of the molecule is N#Cc1ccc(C(N)=O)c(-c2n[nH]c3c[nH]cc23)c1. The van der Waals surface area contributed by atoms with E-state index in [-0.39, 0.29) is 0 Å². The number of amides is 1. The van der Waals surface area contributed by atoms with Gasteiger partial charge in [-0.2, -0.15) is 10.4 Å². The highest BCUT2D eigenvalue weighted by molar-refractivity contribution is 6.04. The van der Waals surface area contributed by atoms with Crippen molar-refractivity contribution < 1.29 is 4.79 Å². The van der Waals surface area contributed by atoms with Gasteiger partial charge in [0.15, 0.2) is 0 Å². The van der Waals surface area contributed by atoms with Crippen LogP contribution in [-0.2, 0) is 0 Å². The summed E-state index contributed by atoms with van der Waals surface area (Å²) in [5.74, 6) is -0.550. The molecule has 1 aromatic carbocycles. The molecule has 0 unspecified atom stereocenters. The normalized spacial score (nSPS) is 10.5. The molecule has 0 saturated heterocycles. The molecule has 3 aromatic rings. The predicted octanol–water partition coefficient (Wildman–Crippen LogP) is 1.53. The number of H-pyrrole nitrogens is 2. The van der Waals surface area contributed by atoms with Crippen LogP contribution >= 0.6 is 0 Å². The molecular weight excluding hydrogens is 242 g/mol. The van der Waals surface area contributed by atoms with Gasteiger partial charge in [0.1, 0.15) is 5.69 Å². The molecule has 4 N–H and O–H groups in total. The second-order valence-corrected chi connectivity index (χ2v) is 4.09. The maximum Gasteiger partial charge on any atom is 0.249 e. The minimum atomic E-state index is -0.550. The Morgan fingerprint density at radius 3 is 2.95 bits per heavy atom. The summed E-state index contributed by atoms with van der Waals surface area (Å²) in [5.41, 5.74) is 8.13. The molecule has 92 valence electrons. The van der Waals surface area contributed by atoms with Crippen LogP contribution < -0.4 is 5.73 Å². The summed E-state index contributed by atoms with van der Waals surface area (Å²) < 4.78 is 0. The van der Waals surface area contributed by atoms with Gasteiger partial charge in [-0.25, -0.2) is 0 Å². The third-order valence-corrected chi connectivity index (χ3v) is 2.96. The number of rotatable bonds is 2. The molecule has 0 aliphatic heterocycles. The third-order valence-electron chi connectivity index (χ3n) is 2.96. The van der Waals surface area contributed by atoms with Gasteiger partial charge in [-0.3, -0.25) is 9.89 Å². The van der Waals surface area contributed by atoms with Crippen molar-refractivity contribution in [1.29, 1.82) is 5.26 Å². The summed E-state index contributed by atoms with van der Waals surface area (Å²) in [6.45, 7) is 0. The van der Waals surface area contributed by atoms with Crippen molar-refractivity contribution in [2.24, 2.45) is 5.73 Å². The first-order valence-corrected chi connectivity index (χ1v) is 5.56. The molecule has 0 spiro atoms. The lowest BCUT2D eigenvalue weighted by Gasteiger charge is -2.04. The fourth-order valence-corrected chi connectivity index (χ4v) is 2.06. The molecule has 0 aliphatic carbocycles. The zero-order valence-electron chi connectivity index (χ0n) is 9.77. The molecule has 3 rings (SSSR count). The Morgan fingerprint density at radius 2 is 2.21 bits per heavy atom. The van der Waals surface area contributed by atoms with E-state index in [0.29, 0.717) is 22.4 Å². The lowest BCUT2D eigenvalue weighted by molar-refractivity contribution is 0.100. The maximum absolute atomic E-state index is 11.5. The molecule has 2 heterocycles. The molecule has 0 fully saturated rings. The average molecular weight is 251 g/mol. The van der Waals surface area contributed by atoms with Crippen molar-refractivity contribution in [3.63, 3.8) is 0 Å². The second kappa shape index (κ2) is 3.99. The standard InChI is InChI=1S/C13H9N5O/c14-4-7-1-2-8(13(15)19)9(3-7)12-10-5-16-6-11(10)17-18-12/h1-3,5-6,16-17H,(H2,15,19). The number of carbonyl (C=O) groups is 1. The van der Waals surface area contributed by atoms with Crippen LogP contribution in [0.5, 0.6) is 0 Å². The Hall–Kier alpha value is -3.07. The molecule has 0 bridgehead atoms. The van der Waals surface area contributed by atoms with Crippen LogP contribution in [0.2, 0.25) is 0 Å². The average Bonchev–Trinajstić information content (AvgIpc) is 3.00. The molecule has 1 amide bonds. The number of nitrogens with two attached hydrogens (primary N) is 1. The van der Waals surface area contributed by atoms with Crippen LogP contribution in [0.15, 0.2) is 30.6 Å². The van der Waals surface area contributed by atoms with E-state index in [4.69, 9.17) is 11.0 Å². The van der Waals surface area contributed by atoms with E-state index in [1.54, 1.807) is 30.6 Å². The molecule has 0 aliphatic rings. The number of primary amides is 1. The zero-order valence-corrected chi connectivity index (χ0v) is 9.77. The quantitative estimate of drug-likeness (QED) is 0.642. The number of aromatic amines is 2. The van der Waals surface area contributed by atoms with E-state index in [0.717, 1.165) is 10.9 Å². The first-order valence-electron chi connectivity index (χ1n) is 5.56. The predicted molar refractivity (Wildman–Crippen MR) is 69.1 cm³/mol. The van der Waals surface area contributed by atoms with E-state index in [1.165, 1.54) is 0 Å². The number of benzene rings is 1. The lowest BCUT2D eigenvalue weighted by atomic mass is 10.00. The lowest BCUT2D eigenvalue weighted by Crippen LogP contribution is -2.12. The summed E-state index contributed by atoms with van der Waals surface area (Å²) in [7, 11) is 0. The van der Waals surface area contributed by atoms with Crippen LogP contribution in [-0.4, -0.2) is 21.1 Å². The number of nitriles is 1. The number of carbonyl (C=O) groups excluding carboxylic acids is 1. The summed E-state index contributed by atoms with van der Waals surface area (Å²) >= 11 is 0. The van der Waals surface area contributed by atoms with E-state index < -0.39 is 5.91 Å². The summed E-state index contributed by atoms with van der Waals surface area (Å²) in [6, 6.07) is 6.76. The van der Waals surface area contributed by atoms with E-state index in [1.807, 2.05) is 6.07 Å². The van der Waals surface area contributed by atoms with Crippen LogP contribution in [0.4, 0.5) is 0 Å². The Balaban J connectivity index is 2.32. The zero-order chi connectivity index (χ0) is 13.4. The number of hydrogen-bond donors (Lipinski definition) is 3. The number of aromatic nitrogens is 3. The van der Waals surface area contributed by atoms with Crippen molar-refractivity contribution in [3.05, 3.63) is 41.7 Å². The number of fused-ring (bicyclic) bond motifs is 1. The largest absolute Gasteiger partial charge is 0.366 e. The molecule has 0 radical (unpaired) electrons. The number of hydrogen-bond acceptors (Lipinski definition) is 3. The van der Waals surface area contributed by atoms with Gasteiger partial charge in [0.2, 0.25) is 5.91 Å². The molecule has 0 saturated carbocycles. The van der Waals surface area contributed by atoms with E-state index >= 15 is 0 Å². The highest BCUT2D eigenvalue weighted by Gasteiger charge is 2.16. The number of nitrogens with zero attached hydrogens (tertiary/aromatic N) is 2. The van der Waals surface area contributed by atoms with Gasteiger partial charge in [0.05, 0.1) is 17.1 Å². The van der Waals surface area contributed by atoms with Gasteiger partial charge < -0.3 is 10.7 Å². The molecule has 19 heavy (non-hydrogen) atoms. The monoisotopic (exact) mass is 251 g/mol. The van der Waals surface area contributed by atoms with Crippen molar-refractivity contribution >= 4 is 16.8 Å². The topological polar surface area (TPSA) is 111 Å². The van der Waals surface area contributed by atoms with Crippen LogP contribution in [0, 0.1) is 11.3 Å². The van der Waals surface area contributed by atoms with Gasteiger partial charge in [0, 0.05) is 28.9 Å². The van der Waals surface area contributed by atoms with Gasteiger partial charge in [-0.1, -0.05) is 0 Å². The minimum absolute atomic E-state index is 0.341. The van der Waals surface area contributed by atoms with Crippen molar-refractivity contribution in [1.82, 2.24) is 15.2 Å². The van der Waals surface area contributed by atoms with Crippen LogP contribution in [0.1, 0.15) is 15.9 Å². The molecule has 6 nitrogen and oxygen atoms in total. The fourth-order valence-electron chi connectivity index (χ4n) is 2.06. The summed E-state index contributed by atoms with van der Waals surface area (Å²) in [5, 5.41) is 16.8.